The van der Waals surface area contributed by atoms with Gasteiger partial charge in [-0.25, -0.2) is 0 Å². The predicted molar refractivity (Wildman–Crippen MR) is 45.5 cm³/mol. The summed E-state index contributed by atoms with van der Waals surface area (Å²) in [6.07, 6.45) is 1.79. The number of H-pyrrole nitrogens is 1. The van der Waals surface area contributed by atoms with Crippen molar-refractivity contribution in [3.63, 3.8) is 0 Å². The van der Waals surface area contributed by atoms with E-state index in [1.807, 2.05) is 13.0 Å². The minimum absolute atomic E-state index is 0.655. The topological polar surface area (TPSA) is 52.5 Å². The number of aryl methyl sites for hydroxylation is 1. The molecule has 0 radical (unpaired) electrons. The van der Waals surface area contributed by atoms with Gasteiger partial charge in [-0.15, -0.1) is 0 Å². The molecule has 1 N–H and O–H groups in total. The van der Waals surface area contributed by atoms with Crippen LogP contribution in [0.4, 0.5) is 0 Å². The van der Waals surface area contributed by atoms with E-state index in [0.717, 1.165) is 16.7 Å². The van der Waals surface area contributed by atoms with Gasteiger partial charge in [-0.1, -0.05) is 0 Å². The average molecular weight is 157 g/mol. The Kier molecular flexibility index (Phi) is 1.34. The Hall–Kier alpha value is -1.82. The number of rotatable bonds is 0. The van der Waals surface area contributed by atoms with Gasteiger partial charge in [0.05, 0.1) is 16.6 Å². The third-order valence-corrected chi connectivity index (χ3v) is 1.76. The molecule has 0 spiro atoms. The van der Waals surface area contributed by atoms with Crippen LogP contribution in [0.3, 0.4) is 0 Å². The largest absolute Gasteiger partial charge is 0.359 e. The van der Waals surface area contributed by atoms with Gasteiger partial charge in [0.15, 0.2) is 0 Å². The van der Waals surface area contributed by atoms with Gasteiger partial charge in [-0.05, 0) is 19.1 Å². The van der Waals surface area contributed by atoms with E-state index in [1.165, 1.54) is 0 Å². The highest BCUT2D eigenvalue weighted by Crippen LogP contribution is 2.14. The van der Waals surface area contributed by atoms with Gasteiger partial charge in [0.1, 0.15) is 6.07 Å². The maximum absolute atomic E-state index is 8.78. The van der Waals surface area contributed by atoms with Crippen molar-refractivity contribution in [2.45, 2.75) is 6.92 Å². The highest BCUT2D eigenvalue weighted by Gasteiger charge is 2.02. The summed E-state index contributed by atoms with van der Waals surface area (Å²) in [6.45, 7) is 1.88. The molecule has 0 fully saturated rings. The van der Waals surface area contributed by atoms with Crippen LogP contribution in [0.15, 0.2) is 18.3 Å². The van der Waals surface area contributed by atoms with Crippen LogP contribution in [0.5, 0.6) is 0 Å². The monoisotopic (exact) mass is 157 g/mol. The first kappa shape index (κ1) is 6.86. The second kappa shape index (κ2) is 2.35. The van der Waals surface area contributed by atoms with E-state index in [4.69, 9.17) is 5.26 Å². The maximum atomic E-state index is 8.78. The lowest BCUT2D eigenvalue weighted by molar-refractivity contribution is 1.25. The molecular weight excluding hydrogens is 150 g/mol. The second-order valence-electron chi connectivity index (χ2n) is 2.66. The van der Waals surface area contributed by atoms with Crippen molar-refractivity contribution in [3.05, 3.63) is 29.6 Å². The summed E-state index contributed by atoms with van der Waals surface area (Å²) >= 11 is 0. The predicted octanol–water partition coefficient (Wildman–Crippen LogP) is 1.74. The van der Waals surface area contributed by atoms with Crippen LogP contribution >= 0.6 is 0 Å². The SMILES string of the molecule is Cc1cc(C#N)c2[nH]ccc2n1. The van der Waals surface area contributed by atoms with Crippen molar-refractivity contribution in [1.82, 2.24) is 9.97 Å². The van der Waals surface area contributed by atoms with Crippen LogP contribution in [0.1, 0.15) is 11.3 Å². The smallest absolute Gasteiger partial charge is 0.101 e. The van der Waals surface area contributed by atoms with Crippen LogP contribution in [-0.4, -0.2) is 9.97 Å². The lowest BCUT2D eigenvalue weighted by Gasteiger charge is -1.94. The fourth-order valence-corrected chi connectivity index (χ4v) is 1.26. The molecule has 0 aliphatic heterocycles. The molecule has 0 aromatic carbocycles. The molecule has 58 valence electrons. The number of aromatic amines is 1. The Labute approximate surface area is 69.7 Å². The summed E-state index contributed by atoms with van der Waals surface area (Å²) in [4.78, 5) is 7.24. The fraction of sp³-hybridized carbons (Fsp3) is 0.111. The number of pyridine rings is 1. The fourth-order valence-electron chi connectivity index (χ4n) is 1.26. The van der Waals surface area contributed by atoms with Crippen molar-refractivity contribution < 1.29 is 0 Å². The van der Waals surface area contributed by atoms with E-state index in [-0.39, 0.29) is 0 Å². The van der Waals surface area contributed by atoms with E-state index < -0.39 is 0 Å². The highest BCUT2D eigenvalue weighted by molar-refractivity contribution is 5.81. The maximum Gasteiger partial charge on any atom is 0.101 e. The Morgan fingerprint density at radius 2 is 2.42 bits per heavy atom. The molecule has 0 saturated carbocycles. The third kappa shape index (κ3) is 0.857. The zero-order chi connectivity index (χ0) is 8.55. The molecule has 2 rings (SSSR count). The van der Waals surface area contributed by atoms with Gasteiger partial charge >= 0.3 is 0 Å². The molecule has 2 aromatic heterocycles. The van der Waals surface area contributed by atoms with E-state index >= 15 is 0 Å². The molecule has 2 heterocycles. The molecule has 0 amide bonds. The molecule has 0 bridgehead atoms. The van der Waals surface area contributed by atoms with Crippen molar-refractivity contribution in [3.8, 4) is 6.07 Å². The quantitative estimate of drug-likeness (QED) is 0.633. The lowest BCUT2D eigenvalue weighted by atomic mass is 10.2. The number of nitrogens with zero attached hydrogens (tertiary/aromatic N) is 2. The van der Waals surface area contributed by atoms with Crippen LogP contribution in [-0.2, 0) is 0 Å². The second-order valence-corrected chi connectivity index (χ2v) is 2.66. The Morgan fingerprint density at radius 1 is 1.58 bits per heavy atom. The molecule has 0 aliphatic rings. The number of nitrogens with one attached hydrogen (secondary N) is 1. The summed E-state index contributed by atoms with van der Waals surface area (Å²) in [5, 5.41) is 8.78. The van der Waals surface area contributed by atoms with Gasteiger partial charge < -0.3 is 4.98 Å². The van der Waals surface area contributed by atoms with Crippen LogP contribution < -0.4 is 0 Å². The minimum Gasteiger partial charge on any atom is -0.359 e. The number of nitriles is 1. The number of aromatic nitrogens is 2. The molecular formula is C9H7N3. The Bertz CT molecular complexity index is 462. The van der Waals surface area contributed by atoms with Crippen LogP contribution in [0.2, 0.25) is 0 Å². The first-order valence-corrected chi connectivity index (χ1v) is 3.66. The van der Waals surface area contributed by atoms with Crippen molar-refractivity contribution in [2.24, 2.45) is 0 Å². The normalized spacial score (nSPS) is 10.0. The average Bonchev–Trinajstić information content (AvgIpc) is 2.50. The van der Waals surface area contributed by atoms with Gasteiger partial charge in [0.2, 0.25) is 0 Å². The zero-order valence-corrected chi connectivity index (χ0v) is 6.63. The number of hydrogen-bond acceptors (Lipinski definition) is 2. The van der Waals surface area contributed by atoms with E-state index in [2.05, 4.69) is 16.0 Å². The molecule has 3 nitrogen and oxygen atoms in total. The summed E-state index contributed by atoms with van der Waals surface area (Å²) in [5.74, 6) is 0. The summed E-state index contributed by atoms with van der Waals surface area (Å²) in [7, 11) is 0. The first-order valence-electron chi connectivity index (χ1n) is 3.66. The number of fused-ring (bicyclic) bond motifs is 1. The molecule has 12 heavy (non-hydrogen) atoms. The van der Waals surface area contributed by atoms with Gasteiger partial charge in [-0.2, -0.15) is 5.26 Å². The molecule has 0 unspecified atom stereocenters. The molecule has 3 heteroatoms. The molecule has 0 saturated heterocycles. The first-order chi connectivity index (χ1) is 5.81. The van der Waals surface area contributed by atoms with E-state index in [9.17, 15) is 0 Å². The van der Waals surface area contributed by atoms with E-state index in [0.29, 0.717) is 5.56 Å². The van der Waals surface area contributed by atoms with Crippen molar-refractivity contribution >= 4 is 11.0 Å². The minimum atomic E-state index is 0.655. The van der Waals surface area contributed by atoms with Crippen molar-refractivity contribution in [1.29, 1.82) is 5.26 Å². The van der Waals surface area contributed by atoms with Crippen molar-refractivity contribution in [2.75, 3.05) is 0 Å². The van der Waals surface area contributed by atoms with E-state index in [1.54, 1.807) is 12.3 Å². The van der Waals surface area contributed by atoms with Gasteiger partial charge in [0, 0.05) is 11.9 Å². The summed E-state index contributed by atoms with van der Waals surface area (Å²) in [5.41, 5.74) is 3.20. The summed E-state index contributed by atoms with van der Waals surface area (Å²) < 4.78 is 0. The number of hydrogen-bond donors (Lipinski definition) is 1. The molecule has 2 aromatic rings. The Balaban J connectivity index is 2.91. The van der Waals surface area contributed by atoms with Crippen LogP contribution in [0, 0.1) is 18.3 Å². The van der Waals surface area contributed by atoms with Gasteiger partial charge in [-0.3, -0.25) is 4.98 Å². The zero-order valence-electron chi connectivity index (χ0n) is 6.63. The third-order valence-electron chi connectivity index (χ3n) is 1.76. The van der Waals surface area contributed by atoms with Crippen LogP contribution in [0.25, 0.3) is 11.0 Å². The molecule has 0 aliphatic carbocycles. The lowest BCUT2D eigenvalue weighted by Crippen LogP contribution is -1.85. The standard InChI is InChI=1S/C9H7N3/c1-6-4-7(5-10)9-8(12-6)2-3-11-9/h2-4,11H,1H3. The summed E-state index contributed by atoms with van der Waals surface area (Å²) in [6, 6.07) is 5.77. The Morgan fingerprint density at radius 3 is 3.17 bits per heavy atom. The highest BCUT2D eigenvalue weighted by atomic mass is 14.8. The molecule has 0 atom stereocenters. The van der Waals surface area contributed by atoms with Gasteiger partial charge in [0.25, 0.3) is 0 Å².